The summed E-state index contributed by atoms with van der Waals surface area (Å²) in [6.07, 6.45) is 13.3. The second-order valence-electron chi connectivity index (χ2n) is 6.98. The van der Waals surface area contributed by atoms with Crippen molar-refractivity contribution in [1.82, 2.24) is 0 Å². The number of nitrogens with zero attached hydrogens (tertiary/aromatic N) is 2. The van der Waals surface area contributed by atoms with Crippen LogP contribution in [0.2, 0.25) is 0 Å². The van der Waals surface area contributed by atoms with Gasteiger partial charge in [0.15, 0.2) is 6.54 Å². The highest BCUT2D eigenvalue weighted by Crippen LogP contribution is 2.45. The predicted octanol–water partition coefficient (Wildman–Crippen LogP) is 7.03. The molecular formula is C25H27N2S2+. The molecule has 4 heteroatoms. The maximum atomic E-state index is 2.45. The first-order valence-electron chi connectivity index (χ1n) is 10.3. The summed E-state index contributed by atoms with van der Waals surface area (Å²) in [6, 6.07) is 17.3. The molecule has 3 aromatic rings. The normalized spacial score (nSPS) is 15.4. The van der Waals surface area contributed by atoms with Crippen LogP contribution in [-0.4, -0.2) is 6.54 Å². The first-order valence-corrected chi connectivity index (χ1v) is 12.0. The van der Waals surface area contributed by atoms with E-state index in [9.17, 15) is 0 Å². The van der Waals surface area contributed by atoms with Gasteiger partial charge in [-0.15, -0.1) is 0 Å². The Kier molecular flexibility index (Phi) is 6.53. The fourth-order valence-electron chi connectivity index (χ4n) is 3.57. The molecule has 0 aliphatic carbocycles. The molecule has 0 saturated heterocycles. The number of fused-ring (bicyclic) bond motifs is 2. The number of rotatable bonds is 7. The van der Waals surface area contributed by atoms with Crippen LogP contribution >= 0.6 is 23.1 Å². The van der Waals surface area contributed by atoms with E-state index in [0.717, 1.165) is 13.1 Å². The number of hydrogen-bond donors (Lipinski definition) is 0. The monoisotopic (exact) mass is 419 g/mol. The van der Waals surface area contributed by atoms with Crippen LogP contribution in [0.3, 0.4) is 0 Å². The highest BCUT2D eigenvalue weighted by Gasteiger charge is 2.22. The van der Waals surface area contributed by atoms with Gasteiger partial charge in [-0.1, -0.05) is 78.9 Å². The fraction of sp³-hybridized carbons (Fsp3) is 0.240. The van der Waals surface area contributed by atoms with E-state index < -0.39 is 0 Å². The van der Waals surface area contributed by atoms with Crippen LogP contribution in [0.1, 0.15) is 31.7 Å². The zero-order valence-corrected chi connectivity index (χ0v) is 18.7. The van der Waals surface area contributed by atoms with E-state index in [4.69, 9.17) is 0 Å². The molecule has 0 unspecified atom stereocenters. The lowest BCUT2D eigenvalue weighted by Crippen LogP contribution is -2.34. The van der Waals surface area contributed by atoms with Crippen LogP contribution in [0, 0.1) is 0 Å². The van der Waals surface area contributed by atoms with Crippen LogP contribution in [0.15, 0.2) is 82.8 Å². The van der Waals surface area contributed by atoms with Gasteiger partial charge in [-0.3, -0.25) is 0 Å². The zero-order chi connectivity index (χ0) is 20.1. The van der Waals surface area contributed by atoms with Gasteiger partial charge in [0.05, 0.1) is 10.7 Å². The number of aryl methyl sites for hydroxylation is 1. The summed E-state index contributed by atoms with van der Waals surface area (Å²) in [7, 11) is 0. The van der Waals surface area contributed by atoms with Gasteiger partial charge >= 0.3 is 0 Å². The predicted molar refractivity (Wildman–Crippen MR) is 129 cm³/mol. The van der Waals surface area contributed by atoms with E-state index in [1.165, 1.54) is 43.7 Å². The molecular weight excluding hydrogens is 392 g/mol. The molecule has 2 nitrogen and oxygen atoms in total. The third-order valence-electron chi connectivity index (χ3n) is 5.02. The van der Waals surface area contributed by atoms with Gasteiger partial charge in [0.1, 0.15) is 4.70 Å². The zero-order valence-electron chi connectivity index (χ0n) is 17.0. The first-order chi connectivity index (χ1) is 14.3. The Hall–Kier alpha value is -2.30. The van der Waals surface area contributed by atoms with Crippen molar-refractivity contribution < 1.29 is 4.57 Å². The molecule has 0 radical (unpaired) electrons. The van der Waals surface area contributed by atoms with Gasteiger partial charge in [-0.25, -0.2) is 0 Å². The van der Waals surface area contributed by atoms with Crippen LogP contribution in [0.4, 0.5) is 5.69 Å². The van der Waals surface area contributed by atoms with Crippen molar-refractivity contribution in [2.75, 3.05) is 11.4 Å². The van der Waals surface area contributed by atoms with Crippen LogP contribution < -0.4 is 9.47 Å². The first kappa shape index (κ1) is 20.0. The Morgan fingerprint density at radius 2 is 1.79 bits per heavy atom. The average molecular weight is 420 g/mol. The maximum absolute atomic E-state index is 2.45. The lowest BCUT2D eigenvalue weighted by atomic mass is 10.3. The van der Waals surface area contributed by atoms with E-state index in [1.807, 2.05) is 23.1 Å². The number of hydrogen-bond acceptors (Lipinski definition) is 3. The molecule has 0 atom stereocenters. The summed E-state index contributed by atoms with van der Waals surface area (Å²) < 4.78 is 3.81. The molecule has 0 amide bonds. The molecule has 0 fully saturated rings. The van der Waals surface area contributed by atoms with E-state index in [2.05, 4.69) is 102 Å². The molecule has 0 bridgehead atoms. The summed E-state index contributed by atoms with van der Waals surface area (Å²) >= 11 is 3.72. The Bertz CT molecular complexity index is 1080. The SMILES string of the molecule is CCCC[n+]1c(C=CC=CC=C2Sc3ccccc3N2CC)sc2ccccc21. The standard InChI is InChI=1S/C25H27N2S2/c1-3-5-19-27-21-14-10-12-16-23(21)29-25(27)18-8-6-7-17-24-26(4-2)20-13-9-11-15-22(20)28-24/h6-18H,3-5,19H2,1-2H3/q+1. The molecule has 2 aromatic carbocycles. The average Bonchev–Trinajstić information content (AvgIpc) is 3.29. The fourth-order valence-corrected chi connectivity index (χ4v) is 5.81. The minimum absolute atomic E-state index is 0.985. The van der Waals surface area contributed by atoms with Gasteiger partial charge in [-0.05, 0) is 31.2 Å². The molecule has 0 saturated carbocycles. The van der Waals surface area contributed by atoms with Gasteiger partial charge in [0.2, 0.25) is 5.52 Å². The number of para-hydroxylation sites is 2. The van der Waals surface area contributed by atoms with E-state index in [-0.39, 0.29) is 0 Å². The quantitative estimate of drug-likeness (QED) is 0.300. The van der Waals surface area contributed by atoms with Crippen LogP contribution in [-0.2, 0) is 6.54 Å². The Morgan fingerprint density at radius 3 is 2.66 bits per heavy atom. The molecule has 2 heterocycles. The van der Waals surface area contributed by atoms with Crippen molar-refractivity contribution >= 4 is 45.1 Å². The van der Waals surface area contributed by atoms with Crippen molar-refractivity contribution in [2.24, 2.45) is 0 Å². The van der Waals surface area contributed by atoms with Crippen molar-refractivity contribution in [2.45, 2.75) is 38.1 Å². The number of aromatic nitrogens is 1. The number of thioether (sulfide) groups is 1. The topological polar surface area (TPSA) is 7.12 Å². The van der Waals surface area contributed by atoms with Crippen molar-refractivity contribution in [1.29, 1.82) is 0 Å². The lowest BCUT2D eigenvalue weighted by molar-refractivity contribution is -0.669. The molecule has 0 spiro atoms. The summed E-state index contributed by atoms with van der Waals surface area (Å²) in [5, 5.41) is 2.60. The number of unbranched alkanes of at least 4 members (excludes halogenated alkanes) is 1. The van der Waals surface area contributed by atoms with Crippen molar-refractivity contribution in [3.8, 4) is 0 Å². The van der Waals surface area contributed by atoms with E-state index in [1.54, 1.807) is 0 Å². The summed E-state index contributed by atoms with van der Waals surface area (Å²) in [4.78, 5) is 3.71. The Balaban J connectivity index is 1.51. The molecule has 1 aromatic heterocycles. The second kappa shape index (κ2) is 9.47. The molecule has 1 aliphatic rings. The van der Waals surface area contributed by atoms with Crippen molar-refractivity contribution in [3.05, 3.63) is 82.9 Å². The second-order valence-corrected chi connectivity index (χ2v) is 9.10. The van der Waals surface area contributed by atoms with Crippen LogP contribution in [0.25, 0.3) is 16.3 Å². The summed E-state index contributed by atoms with van der Waals surface area (Å²) in [6.45, 7) is 6.52. The van der Waals surface area contributed by atoms with Gasteiger partial charge in [0.25, 0.3) is 5.01 Å². The Labute approximate surface area is 181 Å². The highest BCUT2D eigenvalue weighted by molar-refractivity contribution is 8.03. The van der Waals surface area contributed by atoms with E-state index >= 15 is 0 Å². The van der Waals surface area contributed by atoms with E-state index in [0.29, 0.717) is 0 Å². The smallest absolute Gasteiger partial charge is 0.262 e. The lowest BCUT2D eigenvalue weighted by Gasteiger charge is -2.17. The third kappa shape index (κ3) is 4.34. The minimum Gasteiger partial charge on any atom is -0.335 e. The summed E-state index contributed by atoms with van der Waals surface area (Å²) in [5.74, 6) is 0. The van der Waals surface area contributed by atoms with Crippen molar-refractivity contribution in [3.63, 3.8) is 0 Å². The van der Waals surface area contributed by atoms with Gasteiger partial charge < -0.3 is 4.90 Å². The third-order valence-corrected chi connectivity index (χ3v) is 7.29. The van der Waals surface area contributed by atoms with Gasteiger partial charge in [-0.2, -0.15) is 4.57 Å². The molecule has 148 valence electrons. The maximum Gasteiger partial charge on any atom is 0.262 e. The highest BCUT2D eigenvalue weighted by atomic mass is 32.2. The number of anilines is 1. The minimum atomic E-state index is 0.985. The molecule has 0 N–H and O–H groups in total. The van der Waals surface area contributed by atoms with Gasteiger partial charge in [0, 0.05) is 30.0 Å². The molecule has 4 rings (SSSR count). The number of benzene rings is 2. The molecule has 1 aliphatic heterocycles. The largest absolute Gasteiger partial charge is 0.335 e. The number of allylic oxidation sites excluding steroid dienone is 4. The Morgan fingerprint density at radius 1 is 0.966 bits per heavy atom. The number of thiazole rings is 1. The molecule has 29 heavy (non-hydrogen) atoms. The van der Waals surface area contributed by atoms with Crippen LogP contribution in [0.5, 0.6) is 0 Å². The summed E-state index contributed by atoms with van der Waals surface area (Å²) in [5.41, 5.74) is 2.66.